The average molecular weight is 961 g/mol. The lowest BCUT2D eigenvalue weighted by atomic mass is 9.98. The number of nitrogens with one attached hydrogen (secondary N) is 3. The lowest BCUT2D eigenvalue weighted by molar-refractivity contribution is -0.278. The predicted octanol–water partition coefficient (Wildman–Crippen LogP) is -0.413. The Hall–Kier alpha value is -6.81. The smallest absolute Gasteiger partial charge is 0.302 e. The molecule has 2 fully saturated rings. The number of amides is 6. The molecule has 4 aliphatic rings. The Morgan fingerprint density at radius 1 is 0.681 bits per heavy atom. The Morgan fingerprint density at radius 2 is 1.26 bits per heavy atom. The van der Waals surface area contributed by atoms with E-state index in [0.29, 0.717) is 22.4 Å². The second kappa shape index (κ2) is 22.1. The van der Waals surface area contributed by atoms with E-state index in [1.807, 2.05) is 0 Å². The van der Waals surface area contributed by atoms with Crippen LogP contribution in [0.5, 0.6) is 23.0 Å². The standard InChI is InChI=1S/C48H60N6O15/c1-24-42(59)50-25(2)45(62)52(5)33(19-28-9-14-31(65-8)15-10-28)44(61)51-26(3)46(63)54(7)35-20-29-11-16-32(17-12-29)67-37-22-30(21-34(43(60)49-24)53(6)47(35)64)13-18-36(37)68-48-41(58)40(57)39(56)38(69-48)23-66-27(4)55/h9-18,22,24-26,33-35,38-41,48,56-58H,19-21,23H2,1-8H3,(H,49,60)(H,50,59)(H,51,61)/t24-,25-,26-,33-,34+,35-,38+,39+,40-,41+,48-/m1/s1. The molecule has 3 aromatic rings. The van der Waals surface area contributed by atoms with Crippen LogP contribution in [0.25, 0.3) is 0 Å². The summed E-state index contributed by atoms with van der Waals surface area (Å²) in [5.74, 6) is -3.86. The number of hydrogen-bond donors (Lipinski definition) is 6. The van der Waals surface area contributed by atoms with Crippen molar-refractivity contribution in [2.45, 2.75) is 114 Å². The zero-order valence-electron chi connectivity index (χ0n) is 39.6. The van der Waals surface area contributed by atoms with Gasteiger partial charge in [0.15, 0.2) is 11.5 Å². The van der Waals surface area contributed by atoms with E-state index >= 15 is 0 Å². The summed E-state index contributed by atoms with van der Waals surface area (Å²) in [7, 11) is 5.74. The van der Waals surface area contributed by atoms with Gasteiger partial charge in [-0.3, -0.25) is 33.6 Å². The number of aliphatic hydroxyl groups is 3. The fourth-order valence-corrected chi connectivity index (χ4v) is 8.24. The van der Waals surface area contributed by atoms with E-state index in [9.17, 15) is 48.9 Å². The van der Waals surface area contributed by atoms with Crippen LogP contribution in [0.15, 0.2) is 66.7 Å². The van der Waals surface area contributed by atoms with Gasteiger partial charge >= 0.3 is 5.97 Å². The van der Waals surface area contributed by atoms with Crippen molar-refractivity contribution in [3.8, 4) is 23.0 Å². The molecule has 11 atom stereocenters. The molecule has 21 nitrogen and oxygen atoms in total. The highest BCUT2D eigenvalue weighted by atomic mass is 16.7. The second-order valence-electron chi connectivity index (χ2n) is 17.5. The maximum absolute atomic E-state index is 14.9. The number of esters is 1. The summed E-state index contributed by atoms with van der Waals surface area (Å²) < 4.78 is 28.3. The number of methoxy groups -OCH3 is 1. The van der Waals surface area contributed by atoms with Crippen LogP contribution in [0.2, 0.25) is 0 Å². The van der Waals surface area contributed by atoms with Crippen molar-refractivity contribution in [3.63, 3.8) is 0 Å². The number of carbonyl (C=O) groups is 7. The average Bonchev–Trinajstić information content (AvgIpc) is 3.33. The lowest BCUT2D eigenvalue weighted by Crippen LogP contribution is -2.61. The Bertz CT molecular complexity index is 2380. The molecule has 6 N–H and O–H groups in total. The summed E-state index contributed by atoms with van der Waals surface area (Å²) in [4.78, 5) is 101. The van der Waals surface area contributed by atoms with Gasteiger partial charge in [0.05, 0.1) is 7.11 Å². The predicted molar refractivity (Wildman–Crippen MR) is 243 cm³/mol. The number of fused-ring (bicyclic) bond motifs is 2. The maximum Gasteiger partial charge on any atom is 0.302 e. The summed E-state index contributed by atoms with van der Waals surface area (Å²) in [6.45, 7) is 5.01. The molecule has 6 bridgehead atoms. The first-order valence-corrected chi connectivity index (χ1v) is 22.4. The topological polar surface area (TPSA) is 272 Å². The third kappa shape index (κ3) is 12.1. The first-order chi connectivity index (χ1) is 32.7. The molecular formula is C48H60N6O15. The van der Waals surface area contributed by atoms with Crippen molar-refractivity contribution in [2.24, 2.45) is 0 Å². The number of aliphatic hydroxyl groups excluding tert-OH is 3. The van der Waals surface area contributed by atoms with Crippen LogP contribution in [0, 0.1) is 0 Å². The van der Waals surface area contributed by atoms with Gasteiger partial charge in [-0.2, -0.15) is 0 Å². The Kier molecular flexibility index (Phi) is 16.5. The Morgan fingerprint density at radius 3 is 1.90 bits per heavy atom. The van der Waals surface area contributed by atoms with Crippen molar-refractivity contribution in [1.82, 2.24) is 30.7 Å². The van der Waals surface area contributed by atoms with Gasteiger partial charge in [-0.05, 0) is 73.9 Å². The number of benzene rings is 3. The van der Waals surface area contributed by atoms with E-state index in [0.717, 1.165) is 6.92 Å². The van der Waals surface area contributed by atoms with Crippen LogP contribution in [0.1, 0.15) is 44.4 Å². The minimum Gasteiger partial charge on any atom is -0.497 e. The van der Waals surface area contributed by atoms with E-state index in [1.165, 1.54) is 75.9 Å². The van der Waals surface area contributed by atoms with Crippen LogP contribution < -0.4 is 30.2 Å². The SMILES string of the molecule is COc1ccc(C[C@@H]2C(=O)N[C@H](C)C(=O)N(C)[C@@H]3Cc4ccc(cc4)Oc4cc(ccc4O[C@@H]4O[C@@H](COC(C)=O)[C@H](O)[C@@H](O)[C@@H]4O)C[C@@H](C(=O)N[C@H](C)C(=O)N[C@H](C)C(=O)N2C)N(C)C3=O)cc1. The summed E-state index contributed by atoms with van der Waals surface area (Å²) in [6.07, 6.45) is -8.26. The van der Waals surface area contributed by atoms with Gasteiger partial charge in [0.2, 0.25) is 41.7 Å². The number of ether oxygens (including phenoxy) is 5. The van der Waals surface area contributed by atoms with Crippen molar-refractivity contribution >= 4 is 41.4 Å². The van der Waals surface area contributed by atoms with E-state index in [2.05, 4.69) is 16.0 Å². The number of nitrogens with zero attached hydrogens (tertiary/aromatic N) is 3. The van der Waals surface area contributed by atoms with Gasteiger partial charge in [0.25, 0.3) is 0 Å². The normalized spacial score (nSPS) is 28.6. The van der Waals surface area contributed by atoms with Gasteiger partial charge in [-0.1, -0.05) is 30.3 Å². The minimum absolute atomic E-state index is 0.0135. The Balaban J connectivity index is 1.37. The Labute approximate surface area is 398 Å². The molecule has 0 unspecified atom stereocenters. The van der Waals surface area contributed by atoms with Gasteiger partial charge < -0.3 is 69.7 Å². The van der Waals surface area contributed by atoms with Crippen LogP contribution in [0.3, 0.4) is 0 Å². The number of likely N-dealkylation sites (N-methyl/N-ethyl adjacent to an activating group) is 3. The molecule has 0 aliphatic carbocycles. The van der Waals surface area contributed by atoms with Crippen molar-refractivity contribution in [3.05, 3.63) is 83.4 Å². The molecule has 0 aromatic heterocycles. The first kappa shape index (κ1) is 51.6. The molecule has 0 radical (unpaired) electrons. The monoisotopic (exact) mass is 960 g/mol. The quantitative estimate of drug-likeness (QED) is 0.164. The van der Waals surface area contributed by atoms with Crippen LogP contribution in [-0.4, -0.2) is 173 Å². The molecule has 21 heteroatoms. The van der Waals surface area contributed by atoms with Gasteiger partial charge in [0, 0.05) is 47.3 Å². The van der Waals surface area contributed by atoms with E-state index < -0.39 is 115 Å². The molecule has 7 rings (SSSR count). The zero-order chi connectivity index (χ0) is 50.4. The summed E-state index contributed by atoms with van der Waals surface area (Å²) in [5, 5.41) is 40.1. The highest BCUT2D eigenvalue weighted by Crippen LogP contribution is 2.36. The minimum atomic E-state index is -1.77. The van der Waals surface area contributed by atoms with Crippen LogP contribution in [-0.2, 0) is 62.3 Å². The summed E-state index contributed by atoms with van der Waals surface area (Å²) in [6, 6.07) is 10.6. The zero-order valence-corrected chi connectivity index (χ0v) is 39.6. The van der Waals surface area contributed by atoms with Crippen molar-refractivity contribution in [1.29, 1.82) is 0 Å². The highest BCUT2D eigenvalue weighted by Gasteiger charge is 2.46. The van der Waals surface area contributed by atoms with E-state index in [4.69, 9.17) is 23.7 Å². The number of rotatable bonds is 7. The lowest BCUT2D eigenvalue weighted by Gasteiger charge is -2.40. The maximum atomic E-state index is 14.9. The number of hydrogen-bond acceptors (Lipinski definition) is 15. The van der Waals surface area contributed by atoms with E-state index in [-0.39, 0.29) is 36.5 Å². The van der Waals surface area contributed by atoms with Gasteiger partial charge in [0.1, 0.15) is 78.8 Å². The highest BCUT2D eigenvalue weighted by molar-refractivity contribution is 5.98. The van der Waals surface area contributed by atoms with Crippen molar-refractivity contribution < 1.29 is 72.6 Å². The molecule has 3 aromatic carbocycles. The van der Waals surface area contributed by atoms with Gasteiger partial charge in [-0.25, -0.2) is 0 Å². The molecule has 4 aliphatic heterocycles. The fourth-order valence-electron chi connectivity index (χ4n) is 8.24. The summed E-state index contributed by atoms with van der Waals surface area (Å²) in [5.41, 5.74) is 1.65. The fraction of sp³-hybridized carbons (Fsp3) is 0.479. The molecule has 372 valence electrons. The molecule has 69 heavy (non-hydrogen) atoms. The molecule has 6 amide bonds. The second-order valence-corrected chi connectivity index (χ2v) is 17.5. The van der Waals surface area contributed by atoms with Crippen LogP contribution in [0.4, 0.5) is 0 Å². The molecule has 2 saturated heterocycles. The third-order valence-corrected chi connectivity index (χ3v) is 12.5. The van der Waals surface area contributed by atoms with Crippen LogP contribution >= 0.6 is 0 Å². The largest absolute Gasteiger partial charge is 0.497 e. The molecule has 0 spiro atoms. The molecule has 4 heterocycles. The first-order valence-electron chi connectivity index (χ1n) is 22.4. The molecule has 0 saturated carbocycles. The third-order valence-electron chi connectivity index (χ3n) is 12.5. The van der Waals surface area contributed by atoms with E-state index in [1.54, 1.807) is 54.6 Å². The molecular weight excluding hydrogens is 901 g/mol. The summed E-state index contributed by atoms with van der Waals surface area (Å²) >= 11 is 0. The number of carbonyl (C=O) groups excluding carboxylic acids is 7. The van der Waals surface area contributed by atoms with Crippen molar-refractivity contribution in [2.75, 3.05) is 34.9 Å². The van der Waals surface area contributed by atoms with Gasteiger partial charge in [-0.15, -0.1) is 0 Å².